The monoisotopic (exact) mass is 397 g/mol. The lowest BCUT2D eigenvalue weighted by molar-refractivity contribution is 1.17. The third-order valence-electron chi connectivity index (χ3n) is 3.88. The van der Waals surface area contributed by atoms with Crippen LogP contribution in [0.2, 0.25) is 5.02 Å². The minimum atomic E-state index is 0.721. The maximum atomic E-state index is 5.93. The minimum absolute atomic E-state index is 0.721. The second-order valence-corrected chi connectivity index (χ2v) is 8.06. The number of aryl methyl sites for hydroxylation is 1. The van der Waals surface area contributed by atoms with Crippen LogP contribution in [0.25, 0.3) is 22.0 Å². The molecule has 2 heterocycles. The van der Waals surface area contributed by atoms with Crippen LogP contribution in [0.3, 0.4) is 0 Å². The Balaban J connectivity index is 1.61. The van der Waals surface area contributed by atoms with Gasteiger partial charge in [-0.25, -0.2) is 9.97 Å². The topological polar surface area (TPSA) is 37.8 Å². The molecule has 0 aliphatic carbocycles. The van der Waals surface area contributed by atoms with E-state index in [4.69, 9.17) is 21.6 Å². The summed E-state index contributed by atoms with van der Waals surface area (Å²) in [6.07, 6.45) is 0.960. The minimum Gasteiger partial charge on any atom is -0.332 e. The van der Waals surface area contributed by atoms with Crippen LogP contribution >= 0.6 is 34.3 Å². The Hall–Kier alpha value is -2.21. The van der Waals surface area contributed by atoms with Gasteiger partial charge in [0.05, 0.1) is 5.69 Å². The predicted molar refractivity (Wildman–Crippen MR) is 113 cm³/mol. The highest BCUT2D eigenvalue weighted by molar-refractivity contribution is 7.17. The summed E-state index contributed by atoms with van der Waals surface area (Å²) in [5.41, 5.74) is 4.09. The molecule has 130 valence electrons. The quantitative estimate of drug-likeness (QED) is 0.398. The second kappa shape index (κ2) is 7.58. The van der Waals surface area contributed by atoms with Gasteiger partial charge in [0.2, 0.25) is 0 Å². The molecule has 3 nitrogen and oxygen atoms in total. The summed E-state index contributed by atoms with van der Waals surface area (Å²) in [6, 6.07) is 17.9. The summed E-state index contributed by atoms with van der Waals surface area (Å²) in [5, 5.41) is 7.89. The Morgan fingerprint density at radius 2 is 1.77 bits per heavy atom. The van der Waals surface area contributed by atoms with Crippen molar-refractivity contribution < 1.29 is 0 Å². The average molecular weight is 398 g/mol. The van der Waals surface area contributed by atoms with Gasteiger partial charge < -0.3 is 5.32 Å². The Kier molecular flexibility index (Phi) is 5.02. The molecule has 2 aromatic heterocycles. The van der Waals surface area contributed by atoms with E-state index in [1.54, 1.807) is 22.7 Å². The lowest BCUT2D eigenvalue weighted by Crippen LogP contribution is -1.89. The molecular formula is C20H16ClN3S2. The van der Waals surface area contributed by atoms with Crippen LogP contribution in [-0.4, -0.2) is 9.97 Å². The largest absolute Gasteiger partial charge is 0.332 e. The maximum Gasteiger partial charge on any atom is 0.187 e. The zero-order valence-corrected chi connectivity index (χ0v) is 16.5. The van der Waals surface area contributed by atoms with Crippen LogP contribution in [-0.2, 0) is 6.42 Å². The van der Waals surface area contributed by atoms with Crippen molar-refractivity contribution >= 4 is 45.1 Å². The summed E-state index contributed by atoms with van der Waals surface area (Å²) in [7, 11) is 0. The van der Waals surface area contributed by atoms with Crippen LogP contribution in [0.4, 0.5) is 10.8 Å². The van der Waals surface area contributed by atoms with Gasteiger partial charge in [0.1, 0.15) is 10.7 Å². The third-order valence-corrected chi connectivity index (χ3v) is 6.12. The number of halogens is 1. The van der Waals surface area contributed by atoms with Crippen molar-refractivity contribution in [1.29, 1.82) is 0 Å². The van der Waals surface area contributed by atoms with E-state index in [1.807, 2.05) is 47.8 Å². The van der Waals surface area contributed by atoms with Gasteiger partial charge >= 0.3 is 0 Å². The molecule has 0 spiro atoms. The average Bonchev–Trinajstić information content (AvgIpc) is 3.31. The van der Waals surface area contributed by atoms with Gasteiger partial charge in [-0.2, -0.15) is 0 Å². The van der Waals surface area contributed by atoms with Crippen molar-refractivity contribution in [2.45, 2.75) is 13.3 Å². The Morgan fingerprint density at radius 3 is 2.50 bits per heavy atom. The Morgan fingerprint density at radius 1 is 1.00 bits per heavy atom. The van der Waals surface area contributed by atoms with Gasteiger partial charge in [0, 0.05) is 26.5 Å². The summed E-state index contributed by atoms with van der Waals surface area (Å²) < 4.78 is 0. The van der Waals surface area contributed by atoms with Crippen LogP contribution in [0, 0.1) is 0 Å². The molecule has 0 saturated carbocycles. The number of rotatable bonds is 5. The highest BCUT2D eigenvalue weighted by Gasteiger charge is 2.15. The molecule has 4 aromatic rings. The molecule has 0 fully saturated rings. The Labute approximate surface area is 165 Å². The van der Waals surface area contributed by atoms with Crippen molar-refractivity contribution in [1.82, 2.24) is 9.97 Å². The molecule has 1 N–H and O–H groups in total. The fourth-order valence-electron chi connectivity index (χ4n) is 2.61. The summed E-state index contributed by atoms with van der Waals surface area (Å²) in [5.74, 6) is 0. The number of hydrogen-bond donors (Lipinski definition) is 1. The summed E-state index contributed by atoms with van der Waals surface area (Å²) in [6.45, 7) is 2.16. The molecule has 0 amide bonds. The first-order chi connectivity index (χ1) is 12.7. The molecule has 0 aliphatic heterocycles. The van der Waals surface area contributed by atoms with Crippen LogP contribution in [0.1, 0.15) is 11.8 Å². The highest BCUT2D eigenvalue weighted by atomic mass is 35.5. The second-order valence-electron chi connectivity index (χ2n) is 5.68. The normalized spacial score (nSPS) is 10.8. The summed E-state index contributed by atoms with van der Waals surface area (Å²) in [4.78, 5) is 10.9. The van der Waals surface area contributed by atoms with E-state index in [0.29, 0.717) is 0 Å². The number of anilines is 2. The zero-order valence-electron chi connectivity index (χ0n) is 14.1. The molecule has 2 aromatic carbocycles. The van der Waals surface area contributed by atoms with Gasteiger partial charge in [-0.3, -0.25) is 0 Å². The van der Waals surface area contributed by atoms with Crippen molar-refractivity contribution in [3.63, 3.8) is 0 Å². The van der Waals surface area contributed by atoms with E-state index in [2.05, 4.69) is 24.4 Å². The van der Waals surface area contributed by atoms with E-state index < -0.39 is 0 Å². The predicted octanol–water partition coefficient (Wildman–Crippen LogP) is 6.89. The van der Waals surface area contributed by atoms with Gasteiger partial charge in [-0.1, -0.05) is 48.9 Å². The number of hydrogen-bond acceptors (Lipinski definition) is 5. The molecule has 0 radical (unpaired) electrons. The first-order valence-electron chi connectivity index (χ1n) is 8.26. The van der Waals surface area contributed by atoms with E-state index in [9.17, 15) is 0 Å². The van der Waals surface area contributed by atoms with Crippen LogP contribution in [0.15, 0.2) is 60.0 Å². The van der Waals surface area contributed by atoms with Gasteiger partial charge in [-0.05, 0) is 30.7 Å². The van der Waals surface area contributed by atoms with E-state index in [-0.39, 0.29) is 0 Å². The van der Waals surface area contributed by atoms with Crippen molar-refractivity contribution in [2.75, 3.05) is 5.32 Å². The molecular weight excluding hydrogens is 382 g/mol. The summed E-state index contributed by atoms with van der Waals surface area (Å²) >= 11 is 9.22. The molecule has 6 heteroatoms. The number of benzene rings is 2. The molecule has 0 atom stereocenters. The molecule has 4 rings (SSSR count). The molecule has 0 saturated heterocycles. The maximum absolute atomic E-state index is 5.93. The number of nitrogens with zero attached hydrogens (tertiary/aromatic N) is 2. The highest BCUT2D eigenvalue weighted by Crippen LogP contribution is 2.35. The Bertz CT molecular complexity index is 1010. The fourth-order valence-corrected chi connectivity index (χ4v) is 4.51. The number of thiazole rings is 2. The number of nitrogens with one attached hydrogen (secondary N) is 1. The molecule has 0 bridgehead atoms. The first kappa shape index (κ1) is 17.2. The van der Waals surface area contributed by atoms with E-state index in [0.717, 1.165) is 44.2 Å². The van der Waals surface area contributed by atoms with Crippen molar-refractivity contribution in [2.24, 2.45) is 0 Å². The lowest BCUT2D eigenvalue weighted by Gasteiger charge is -2.01. The lowest BCUT2D eigenvalue weighted by atomic mass is 10.1. The van der Waals surface area contributed by atoms with Gasteiger partial charge in [0.15, 0.2) is 5.13 Å². The van der Waals surface area contributed by atoms with Crippen LogP contribution < -0.4 is 5.32 Å². The van der Waals surface area contributed by atoms with Crippen molar-refractivity contribution in [3.05, 3.63) is 69.9 Å². The van der Waals surface area contributed by atoms with E-state index >= 15 is 0 Å². The third kappa shape index (κ3) is 3.65. The smallest absolute Gasteiger partial charge is 0.187 e. The standard InChI is InChI=1S/C20H16ClN3S2/c1-2-17-18(13-6-4-3-5-7-13)24-19(26-17)16-12-25-20(23-16)22-15-10-8-14(21)9-11-15/h3-12H,2H2,1H3,(H,22,23). The first-order valence-corrected chi connectivity index (χ1v) is 10.3. The van der Waals surface area contributed by atoms with E-state index in [1.165, 1.54) is 4.88 Å². The van der Waals surface area contributed by atoms with Crippen molar-refractivity contribution in [3.8, 4) is 22.0 Å². The fraction of sp³-hybridized carbons (Fsp3) is 0.100. The van der Waals surface area contributed by atoms with Crippen LogP contribution in [0.5, 0.6) is 0 Å². The van der Waals surface area contributed by atoms with Gasteiger partial charge in [-0.15, -0.1) is 22.7 Å². The molecule has 0 aliphatic rings. The molecule has 26 heavy (non-hydrogen) atoms. The zero-order chi connectivity index (χ0) is 17.9. The molecule has 0 unspecified atom stereocenters. The van der Waals surface area contributed by atoms with Gasteiger partial charge in [0.25, 0.3) is 0 Å². The number of aromatic nitrogens is 2. The SMILES string of the molecule is CCc1sc(-c2csc(Nc3ccc(Cl)cc3)n2)nc1-c1ccccc1.